The molecule has 2 aromatic heterocycles. The van der Waals surface area contributed by atoms with E-state index in [4.69, 9.17) is 9.47 Å². The zero-order valence-corrected chi connectivity index (χ0v) is 30.3. The third-order valence-corrected chi connectivity index (χ3v) is 10.1. The number of ether oxygens (including phenoxy) is 2. The Balaban J connectivity index is 1.18. The molecule has 1 N–H and O–H groups in total. The summed E-state index contributed by atoms with van der Waals surface area (Å²) in [5.41, 5.74) is 2.27. The van der Waals surface area contributed by atoms with Crippen LogP contribution in [0.5, 0.6) is 5.88 Å². The Morgan fingerprint density at radius 2 is 1.75 bits per heavy atom. The van der Waals surface area contributed by atoms with Gasteiger partial charge < -0.3 is 28.8 Å². The molecule has 51 heavy (non-hydrogen) atoms. The van der Waals surface area contributed by atoms with E-state index in [1.54, 1.807) is 35.4 Å². The van der Waals surface area contributed by atoms with Gasteiger partial charge in [-0.3, -0.25) is 14.5 Å². The number of aromatic nitrogens is 3. The highest BCUT2D eigenvalue weighted by Gasteiger charge is 2.37. The van der Waals surface area contributed by atoms with E-state index in [0.29, 0.717) is 61.7 Å². The Bertz CT molecular complexity index is 1820. The van der Waals surface area contributed by atoms with Crippen LogP contribution in [0.1, 0.15) is 94.6 Å². The maximum absolute atomic E-state index is 13.8. The molecule has 3 aliphatic rings. The highest BCUT2D eigenvalue weighted by atomic mass is 16.6. The summed E-state index contributed by atoms with van der Waals surface area (Å²) in [6, 6.07) is 10.3. The lowest BCUT2D eigenvalue weighted by atomic mass is 9.84. The fraction of sp³-hybridized carbons (Fsp3) is 0.579. The number of likely N-dealkylation sites (tertiary alicyclic amines) is 1. The quantitative estimate of drug-likeness (QED) is 0.361. The van der Waals surface area contributed by atoms with E-state index in [1.165, 1.54) is 19.3 Å². The first-order chi connectivity index (χ1) is 24.5. The number of hydrogen-bond acceptors (Lipinski definition) is 8. The number of pyridine rings is 1. The summed E-state index contributed by atoms with van der Waals surface area (Å²) in [5.74, 6) is 0.0940. The Morgan fingerprint density at radius 3 is 2.41 bits per heavy atom. The van der Waals surface area contributed by atoms with Crippen molar-refractivity contribution in [2.24, 2.45) is 10.9 Å². The number of nitrogens with zero attached hydrogens (tertiary/aromatic N) is 7. The van der Waals surface area contributed by atoms with Gasteiger partial charge >= 0.3 is 6.09 Å². The van der Waals surface area contributed by atoms with Gasteiger partial charge in [-0.05, 0) is 104 Å². The summed E-state index contributed by atoms with van der Waals surface area (Å²) in [7, 11) is 0. The fourth-order valence-corrected chi connectivity index (χ4v) is 7.45. The number of rotatable bonds is 7. The van der Waals surface area contributed by atoms with Crippen molar-refractivity contribution in [3.63, 3.8) is 0 Å². The fourth-order valence-electron chi connectivity index (χ4n) is 7.45. The average molecular weight is 699 g/mol. The molecule has 1 unspecified atom stereocenters. The van der Waals surface area contributed by atoms with Crippen molar-refractivity contribution in [2.75, 3.05) is 45.9 Å². The molecule has 13 nitrogen and oxygen atoms in total. The molecule has 0 radical (unpaired) electrons. The summed E-state index contributed by atoms with van der Waals surface area (Å²) in [6.07, 6.45) is 7.93. The molecule has 0 bridgehead atoms. The van der Waals surface area contributed by atoms with Crippen molar-refractivity contribution in [2.45, 2.75) is 90.3 Å². The topological polar surface area (TPSA) is 149 Å². The van der Waals surface area contributed by atoms with Crippen molar-refractivity contribution < 1.29 is 23.9 Å². The number of nitriles is 1. The molecule has 1 aliphatic carbocycles. The number of imidazole rings is 1. The molecule has 1 saturated carbocycles. The number of carbonyl (C=O) groups excluding carboxylic acids is 3. The van der Waals surface area contributed by atoms with Gasteiger partial charge in [-0.15, -0.1) is 0 Å². The largest absolute Gasteiger partial charge is 0.476 e. The lowest BCUT2D eigenvalue weighted by molar-refractivity contribution is -0.141. The SMILES string of the molecule is CC1CN(C(=O)OC(C)(C)C)CCN1C(=O)[C@H]1CC[C@@H](n2/c(=N/C(=O)c3ccc(C#N)cc3)[nH]c3cnc(OCCN4CCCCC4)cc32)CC1. The van der Waals surface area contributed by atoms with Crippen LogP contribution in [0.2, 0.25) is 0 Å². The Morgan fingerprint density at radius 1 is 1.02 bits per heavy atom. The second-order valence-corrected chi connectivity index (χ2v) is 15.0. The molecule has 2 saturated heterocycles. The molecule has 3 fully saturated rings. The summed E-state index contributed by atoms with van der Waals surface area (Å²) in [4.78, 5) is 58.2. The van der Waals surface area contributed by atoms with Gasteiger partial charge in [0.1, 0.15) is 12.2 Å². The molecule has 2 aliphatic heterocycles. The third kappa shape index (κ3) is 8.79. The maximum atomic E-state index is 13.8. The predicted octanol–water partition coefficient (Wildman–Crippen LogP) is 5.04. The van der Waals surface area contributed by atoms with Crippen LogP contribution in [0.3, 0.4) is 0 Å². The van der Waals surface area contributed by atoms with Crippen LogP contribution >= 0.6 is 0 Å². The van der Waals surface area contributed by atoms with Crippen molar-refractivity contribution in [1.82, 2.24) is 29.2 Å². The van der Waals surface area contributed by atoms with E-state index in [2.05, 4.69) is 30.5 Å². The van der Waals surface area contributed by atoms with Crippen LogP contribution in [0.4, 0.5) is 4.79 Å². The van der Waals surface area contributed by atoms with Crippen LogP contribution < -0.4 is 10.4 Å². The monoisotopic (exact) mass is 698 g/mol. The van der Waals surface area contributed by atoms with Gasteiger partial charge in [0.15, 0.2) is 0 Å². The molecular formula is C38H50N8O5. The van der Waals surface area contributed by atoms with E-state index in [-0.39, 0.29) is 30.0 Å². The van der Waals surface area contributed by atoms with Crippen molar-refractivity contribution >= 4 is 28.9 Å². The zero-order valence-electron chi connectivity index (χ0n) is 30.3. The first-order valence-corrected chi connectivity index (χ1v) is 18.3. The minimum absolute atomic E-state index is 0.0136. The summed E-state index contributed by atoms with van der Waals surface area (Å²) in [5, 5.41) is 9.18. The number of nitrogens with one attached hydrogen (secondary N) is 1. The molecule has 13 heteroatoms. The molecule has 6 rings (SSSR count). The highest BCUT2D eigenvalue weighted by molar-refractivity contribution is 5.95. The first kappa shape index (κ1) is 36.1. The van der Waals surface area contributed by atoms with Crippen LogP contribution in [-0.4, -0.2) is 105 Å². The molecule has 3 aromatic rings. The van der Waals surface area contributed by atoms with Gasteiger partial charge in [0.2, 0.25) is 17.4 Å². The summed E-state index contributed by atoms with van der Waals surface area (Å²) >= 11 is 0. The normalized spacial score (nSPS) is 22.1. The van der Waals surface area contributed by atoms with Gasteiger partial charge in [0.25, 0.3) is 5.91 Å². The minimum Gasteiger partial charge on any atom is -0.476 e. The standard InChI is InChI=1S/C38H50N8O5/c1-26-25-44(37(49)51-38(2,3)4)18-19-45(26)35(48)29-12-14-30(15-13-29)46-32-22-33(50-21-20-43-16-6-5-7-17-43)40-24-31(32)41-36(46)42-34(47)28-10-8-27(23-39)9-11-28/h8-11,22,24,26,29-30H,5-7,12-21,25H2,1-4H3,(H,41,42,47)/t26?,29-,30+. The zero-order chi connectivity index (χ0) is 36.1. The molecular weight excluding hydrogens is 648 g/mol. The van der Waals surface area contributed by atoms with Gasteiger partial charge in [0.05, 0.1) is 28.9 Å². The minimum atomic E-state index is -0.573. The molecule has 272 valence electrons. The van der Waals surface area contributed by atoms with E-state index < -0.39 is 11.5 Å². The number of fused-ring (bicyclic) bond motifs is 1. The number of amides is 3. The molecule has 3 amide bonds. The number of piperidine rings is 1. The Labute approximate surface area is 299 Å². The lowest BCUT2D eigenvalue weighted by Gasteiger charge is -2.42. The van der Waals surface area contributed by atoms with Gasteiger partial charge in [-0.2, -0.15) is 10.3 Å². The second kappa shape index (κ2) is 15.7. The van der Waals surface area contributed by atoms with Crippen molar-refractivity contribution in [3.05, 3.63) is 53.3 Å². The third-order valence-electron chi connectivity index (χ3n) is 10.1. The van der Waals surface area contributed by atoms with Crippen LogP contribution in [-0.2, 0) is 9.53 Å². The first-order valence-electron chi connectivity index (χ1n) is 18.3. The van der Waals surface area contributed by atoms with Crippen LogP contribution in [0.25, 0.3) is 11.0 Å². The highest BCUT2D eigenvalue weighted by Crippen LogP contribution is 2.35. The molecule has 0 spiro atoms. The number of piperazine rings is 1. The predicted molar refractivity (Wildman–Crippen MR) is 191 cm³/mol. The number of carbonyl (C=O) groups is 3. The van der Waals surface area contributed by atoms with Crippen LogP contribution in [0, 0.1) is 17.2 Å². The molecule has 1 aromatic carbocycles. The number of H-pyrrole nitrogens is 1. The summed E-state index contributed by atoms with van der Waals surface area (Å²) in [6.45, 7) is 12.5. The van der Waals surface area contributed by atoms with E-state index >= 15 is 0 Å². The van der Waals surface area contributed by atoms with E-state index in [9.17, 15) is 19.6 Å². The van der Waals surface area contributed by atoms with Gasteiger partial charge in [-0.1, -0.05) is 6.42 Å². The Hall–Kier alpha value is -4.70. The van der Waals surface area contributed by atoms with E-state index in [0.717, 1.165) is 43.5 Å². The molecule has 1 atom stereocenters. The second-order valence-electron chi connectivity index (χ2n) is 15.0. The molecule has 4 heterocycles. The number of hydrogen-bond donors (Lipinski definition) is 1. The Kier molecular flexibility index (Phi) is 11.1. The number of aromatic amines is 1. The van der Waals surface area contributed by atoms with Gasteiger partial charge in [-0.25, -0.2) is 9.78 Å². The smallest absolute Gasteiger partial charge is 0.410 e. The van der Waals surface area contributed by atoms with Crippen LogP contribution in [0.15, 0.2) is 41.5 Å². The van der Waals surface area contributed by atoms with Crippen molar-refractivity contribution in [3.8, 4) is 11.9 Å². The van der Waals surface area contributed by atoms with E-state index in [1.807, 2.05) is 38.7 Å². The average Bonchev–Trinajstić information content (AvgIpc) is 3.48. The van der Waals surface area contributed by atoms with Gasteiger partial charge in [0, 0.05) is 55.8 Å². The summed E-state index contributed by atoms with van der Waals surface area (Å²) < 4.78 is 13.8. The maximum Gasteiger partial charge on any atom is 0.410 e. The lowest BCUT2D eigenvalue weighted by Crippen LogP contribution is -2.57. The van der Waals surface area contributed by atoms with Crippen molar-refractivity contribution in [1.29, 1.82) is 5.26 Å². The number of benzene rings is 1.